The molecule has 0 aliphatic rings. The van der Waals surface area contributed by atoms with E-state index in [9.17, 15) is 9.59 Å². The van der Waals surface area contributed by atoms with Crippen LogP contribution in [0.15, 0.2) is 21.5 Å². The van der Waals surface area contributed by atoms with Gasteiger partial charge >= 0.3 is 0 Å². The first-order valence-electron chi connectivity index (χ1n) is 5.82. The van der Waals surface area contributed by atoms with Crippen molar-refractivity contribution in [3.8, 4) is 5.75 Å². The fraction of sp³-hybridized carbons (Fsp3) is 0.500. The van der Waals surface area contributed by atoms with Crippen LogP contribution in [0, 0.1) is 6.92 Å². The monoisotopic (exact) mass is 306 g/mol. The highest BCUT2D eigenvalue weighted by Crippen LogP contribution is 2.06. The van der Waals surface area contributed by atoms with Crippen LogP contribution in [0.3, 0.4) is 0 Å². The summed E-state index contributed by atoms with van der Waals surface area (Å²) in [6, 6.07) is 1.17. The van der Waals surface area contributed by atoms with Crippen molar-refractivity contribution < 1.29 is 39.9 Å². The lowest BCUT2D eigenvalue weighted by Crippen LogP contribution is -2.46. The Kier molecular flexibility index (Phi) is 8.43. The molecule has 9 nitrogen and oxygen atoms in total. The van der Waals surface area contributed by atoms with Gasteiger partial charge in [0.15, 0.2) is 6.29 Å². The van der Waals surface area contributed by atoms with E-state index in [0.717, 1.165) is 0 Å². The van der Waals surface area contributed by atoms with Crippen LogP contribution in [0.25, 0.3) is 0 Å². The van der Waals surface area contributed by atoms with Crippen LogP contribution in [0.1, 0.15) is 5.76 Å². The third-order valence-corrected chi connectivity index (χ3v) is 2.45. The van der Waals surface area contributed by atoms with Gasteiger partial charge in [-0.25, -0.2) is 0 Å². The van der Waals surface area contributed by atoms with Crippen molar-refractivity contribution in [2.45, 2.75) is 31.3 Å². The van der Waals surface area contributed by atoms with Crippen LogP contribution in [0.5, 0.6) is 5.75 Å². The number of aromatic hydroxyl groups is 1. The summed E-state index contributed by atoms with van der Waals surface area (Å²) in [4.78, 5) is 20.4. The van der Waals surface area contributed by atoms with Crippen molar-refractivity contribution in [2.75, 3.05) is 6.61 Å². The maximum atomic E-state index is 10.5. The average Bonchev–Trinajstić information content (AvgIpc) is 2.49. The van der Waals surface area contributed by atoms with Crippen LogP contribution in [0.4, 0.5) is 0 Å². The van der Waals surface area contributed by atoms with Gasteiger partial charge in [-0.1, -0.05) is 0 Å². The van der Waals surface area contributed by atoms with Crippen molar-refractivity contribution in [3.63, 3.8) is 0 Å². The molecule has 0 saturated carbocycles. The van der Waals surface area contributed by atoms with E-state index in [1.165, 1.54) is 19.3 Å². The molecule has 4 atom stereocenters. The number of hydrogen-bond donors (Lipinski definition) is 6. The molecule has 0 saturated heterocycles. The molecule has 0 unspecified atom stereocenters. The minimum atomic E-state index is -1.79. The Hall–Kier alpha value is -1.78. The van der Waals surface area contributed by atoms with Crippen molar-refractivity contribution >= 4 is 6.29 Å². The van der Waals surface area contributed by atoms with Crippen molar-refractivity contribution in [2.24, 2.45) is 0 Å². The molecule has 1 aromatic heterocycles. The molecule has 0 amide bonds. The Balaban J connectivity index is 0.000000394. The summed E-state index contributed by atoms with van der Waals surface area (Å²) in [5.41, 5.74) is -0.404. The Labute approximate surface area is 119 Å². The molecule has 0 radical (unpaired) electrons. The molecule has 0 aliphatic carbocycles. The summed E-state index contributed by atoms with van der Waals surface area (Å²) in [5, 5.41) is 52.3. The van der Waals surface area contributed by atoms with Gasteiger partial charge in [-0.15, -0.1) is 0 Å². The van der Waals surface area contributed by atoms with E-state index < -0.39 is 36.5 Å². The number of aliphatic hydroxyl groups excluding tert-OH is 5. The SMILES string of the molecule is Cc1occc(=O)c1O.O=C[C@H](O)[C@@H](O)[C@H](O)[C@H](O)CO. The smallest absolute Gasteiger partial charge is 0.226 e. The van der Waals surface area contributed by atoms with E-state index >= 15 is 0 Å². The second-order valence-electron chi connectivity index (χ2n) is 4.05. The van der Waals surface area contributed by atoms with Crippen LogP contribution in [-0.4, -0.2) is 67.9 Å². The Morgan fingerprint density at radius 1 is 1.24 bits per heavy atom. The summed E-state index contributed by atoms with van der Waals surface area (Å²) in [5.74, 6) is -0.0556. The number of rotatable bonds is 5. The zero-order valence-corrected chi connectivity index (χ0v) is 11.2. The van der Waals surface area contributed by atoms with Gasteiger partial charge in [0.25, 0.3) is 0 Å². The number of aliphatic hydroxyl groups is 5. The minimum Gasteiger partial charge on any atom is -0.502 e. The topological polar surface area (TPSA) is 169 Å². The van der Waals surface area contributed by atoms with Crippen LogP contribution in [-0.2, 0) is 4.79 Å². The Bertz CT molecular complexity index is 484. The predicted molar refractivity (Wildman–Crippen MR) is 68.6 cm³/mol. The van der Waals surface area contributed by atoms with Crippen LogP contribution < -0.4 is 5.43 Å². The molecule has 1 aromatic rings. The molecule has 0 aromatic carbocycles. The molecule has 0 bridgehead atoms. The van der Waals surface area contributed by atoms with Gasteiger partial charge in [0, 0.05) is 6.07 Å². The molecule has 1 heterocycles. The molecule has 6 N–H and O–H groups in total. The summed E-state index contributed by atoms with van der Waals surface area (Å²) in [6.45, 7) is 0.764. The fourth-order valence-electron chi connectivity index (χ4n) is 1.12. The van der Waals surface area contributed by atoms with Crippen molar-refractivity contribution in [3.05, 3.63) is 28.3 Å². The maximum absolute atomic E-state index is 10.5. The molecule has 0 fully saturated rings. The largest absolute Gasteiger partial charge is 0.502 e. The summed E-state index contributed by atoms with van der Waals surface area (Å²) >= 11 is 0. The second kappa shape index (κ2) is 9.21. The molecule has 9 heteroatoms. The Morgan fingerprint density at radius 3 is 2.19 bits per heavy atom. The van der Waals surface area contributed by atoms with Crippen LogP contribution >= 0.6 is 0 Å². The van der Waals surface area contributed by atoms with E-state index in [-0.39, 0.29) is 17.8 Å². The molecule has 120 valence electrons. The first-order valence-corrected chi connectivity index (χ1v) is 5.82. The second-order valence-corrected chi connectivity index (χ2v) is 4.05. The predicted octanol–water partition coefficient (Wildman–Crippen LogP) is -2.72. The lowest BCUT2D eigenvalue weighted by Gasteiger charge is -2.22. The number of carbonyl (C=O) groups excluding carboxylic acids is 1. The lowest BCUT2D eigenvalue weighted by molar-refractivity contribution is -0.136. The van der Waals surface area contributed by atoms with Crippen molar-refractivity contribution in [1.29, 1.82) is 0 Å². The molecular formula is C12H18O9. The van der Waals surface area contributed by atoms with Gasteiger partial charge in [0.2, 0.25) is 11.2 Å². The third kappa shape index (κ3) is 6.02. The average molecular weight is 306 g/mol. The zero-order valence-electron chi connectivity index (χ0n) is 11.2. The fourth-order valence-corrected chi connectivity index (χ4v) is 1.12. The van der Waals surface area contributed by atoms with Crippen LogP contribution in [0.2, 0.25) is 0 Å². The summed E-state index contributed by atoms with van der Waals surface area (Å²) in [6.07, 6.45) is -5.59. The minimum absolute atomic E-state index is 0.0258. The van der Waals surface area contributed by atoms with Gasteiger partial charge < -0.3 is 39.9 Å². The quantitative estimate of drug-likeness (QED) is 0.316. The molecule has 21 heavy (non-hydrogen) atoms. The van der Waals surface area contributed by atoms with Gasteiger partial charge in [-0.05, 0) is 6.92 Å². The standard InChI is InChI=1S/C6H12O6.C6H6O3/c7-1-3(9)5(11)6(12)4(10)2-8;1-4-6(8)5(7)2-3-9-4/h1,3-6,8-12H,2H2;2-3,8H,1H3/t3-,4+,5+,6+;/m0./s1. The lowest BCUT2D eigenvalue weighted by atomic mass is 10.0. The molecular weight excluding hydrogens is 288 g/mol. The van der Waals surface area contributed by atoms with E-state index in [1.807, 2.05) is 0 Å². The van der Waals surface area contributed by atoms with E-state index in [2.05, 4.69) is 4.42 Å². The zero-order chi connectivity index (χ0) is 16.6. The summed E-state index contributed by atoms with van der Waals surface area (Å²) < 4.78 is 4.69. The normalized spacial score (nSPS) is 16.1. The highest BCUT2D eigenvalue weighted by Gasteiger charge is 2.29. The highest BCUT2D eigenvalue weighted by molar-refractivity contribution is 5.56. The van der Waals surface area contributed by atoms with Gasteiger partial charge in [0.1, 0.15) is 30.2 Å². The maximum Gasteiger partial charge on any atom is 0.226 e. The molecule has 1 rings (SSSR count). The number of aldehydes is 1. The number of aryl methyl sites for hydroxylation is 1. The highest BCUT2D eigenvalue weighted by atomic mass is 16.4. The van der Waals surface area contributed by atoms with E-state index in [0.29, 0.717) is 0 Å². The Morgan fingerprint density at radius 2 is 1.81 bits per heavy atom. The first-order chi connectivity index (χ1) is 9.76. The molecule has 0 spiro atoms. The number of carbonyl (C=O) groups is 1. The number of hydrogen-bond acceptors (Lipinski definition) is 9. The van der Waals surface area contributed by atoms with Gasteiger partial charge in [-0.2, -0.15) is 0 Å². The first kappa shape index (κ1) is 19.2. The summed E-state index contributed by atoms with van der Waals surface area (Å²) in [7, 11) is 0. The van der Waals surface area contributed by atoms with Crippen molar-refractivity contribution in [1.82, 2.24) is 0 Å². The molecule has 0 aliphatic heterocycles. The van der Waals surface area contributed by atoms with Gasteiger partial charge in [-0.3, -0.25) is 4.79 Å². The van der Waals surface area contributed by atoms with E-state index in [4.69, 9.17) is 30.6 Å². The van der Waals surface area contributed by atoms with E-state index in [1.54, 1.807) is 0 Å². The van der Waals surface area contributed by atoms with Gasteiger partial charge in [0.05, 0.1) is 12.9 Å². The third-order valence-electron chi connectivity index (χ3n) is 2.45.